The minimum absolute atomic E-state index is 0.0171. The summed E-state index contributed by atoms with van der Waals surface area (Å²) in [7, 11) is 1.78. The first kappa shape index (κ1) is 19.3. The molecule has 6 heteroatoms. The Hall–Kier alpha value is -3.02. The minimum Gasteiger partial charge on any atom is -0.508 e. The zero-order valence-corrected chi connectivity index (χ0v) is 15.4. The van der Waals surface area contributed by atoms with Crippen LogP contribution in [0.2, 0.25) is 0 Å². The average Bonchev–Trinajstić information content (AvgIpc) is 2.63. The van der Waals surface area contributed by atoms with E-state index in [4.69, 9.17) is 0 Å². The molecule has 0 spiro atoms. The minimum atomic E-state index is -0.182. The molecular weight excluding hydrogens is 330 g/mol. The van der Waals surface area contributed by atoms with E-state index in [1.807, 2.05) is 19.9 Å². The van der Waals surface area contributed by atoms with Crippen molar-refractivity contribution in [2.45, 2.75) is 13.8 Å². The van der Waals surface area contributed by atoms with Gasteiger partial charge in [-0.25, -0.2) is 0 Å². The molecule has 0 aromatic heterocycles. The molecule has 2 aromatic rings. The van der Waals surface area contributed by atoms with Gasteiger partial charge in [0.25, 0.3) is 5.91 Å². The predicted molar refractivity (Wildman–Crippen MR) is 104 cm³/mol. The largest absolute Gasteiger partial charge is 0.508 e. The van der Waals surface area contributed by atoms with Crippen LogP contribution < -0.4 is 10.2 Å². The number of aromatic hydroxyl groups is 1. The molecule has 0 saturated carbocycles. The highest BCUT2D eigenvalue weighted by molar-refractivity contribution is 5.96. The highest BCUT2D eigenvalue weighted by Gasteiger charge is 2.13. The Bertz CT molecular complexity index is 755. The van der Waals surface area contributed by atoms with Gasteiger partial charge in [0.15, 0.2) is 0 Å². The Morgan fingerprint density at radius 2 is 1.69 bits per heavy atom. The number of anilines is 2. The van der Waals surface area contributed by atoms with E-state index in [1.165, 1.54) is 0 Å². The maximum Gasteiger partial charge on any atom is 0.253 e. The lowest BCUT2D eigenvalue weighted by Crippen LogP contribution is -2.31. The Kier molecular flexibility index (Phi) is 6.60. The lowest BCUT2D eigenvalue weighted by molar-refractivity contribution is -0.114. The van der Waals surface area contributed by atoms with Crippen molar-refractivity contribution in [3.8, 4) is 5.75 Å². The maximum absolute atomic E-state index is 12.3. The van der Waals surface area contributed by atoms with Gasteiger partial charge in [0.05, 0.1) is 6.54 Å². The van der Waals surface area contributed by atoms with Crippen LogP contribution in [0.1, 0.15) is 24.2 Å². The summed E-state index contributed by atoms with van der Waals surface area (Å²) in [6, 6.07) is 13.6. The van der Waals surface area contributed by atoms with Gasteiger partial charge in [-0.3, -0.25) is 9.59 Å². The summed E-state index contributed by atoms with van der Waals surface area (Å²) in [5.41, 5.74) is 1.99. The van der Waals surface area contributed by atoms with Crippen LogP contribution in [0.5, 0.6) is 5.75 Å². The molecular formula is C20H25N3O3. The van der Waals surface area contributed by atoms with Gasteiger partial charge in [-0.15, -0.1) is 0 Å². The first-order valence-corrected chi connectivity index (χ1v) is 8.64. The van der Waals surface area contributed by atoms with Crippen molar-refractivity contribution in [3.05, 3.63) is 54.1 Å². The fourth-order valence-electron chi connectivity index (χ4n) is 2.63. The SMILES string of the molecule is CCN(CC)C(=O)c1ccc(NC(=O)CN(C)c2cccc(O)c2)cc1. The molecule has 0 saturated heterocycles. The number of phenolic OH excluding ortho intramolecular Hbond substituents is 1. The lowest BCUT2D eigenvalue weighted by Gasteiger charge is -2.19. The highest BCUT2D eigenvalue weighted by Crippen LogP contribution is 2.19. The van der Waals surface area contributed by atoms with Crippen molar-refractivity contribution in [1.82, 2.24) is 4.90 Å². The molecule has 2 N–H and O–H groups in total. The molecule has 2 rings (SSSR count). The number of rotatable bonds is 7. The Morgan fingerprint density at radius 1 is 1.04 bits per heavy atom. The van der Waals surface area contributed by atoms with Crippen LogP contribution in [0.15, 0.2) is 48.5 Å². The summed E-state index contributed by atoms with van der Waals surface area (Å²) < 4.78 is 0. The summed E-state index contributed by atoms with van der Waals surface area (Å²) in [5, 5.41) is 12.3. The first-order chi connectivity index (χ1) is 12.4. The van der Waals surface area contributed by atoms with Crippen LogP contribution in [-0.2, 0) is 4.79 Å². The monoisotopic (exact) mass is 355 g/mol. The molecule has 0 unspecified atom stereocenters. The molecule has 0 aliphatic heterocycles. The fourth-order valence-corrected chi connectivity index (χ4v) is 2.63. The van der Waals surface area contributed by atoms with E-state index in [1.54, 1.807) is 59.3 Å². The molecule has 26 heavy (non-hydrogen) atoms. The van der Waals surface area contributed by atoms with Gasteiger partial charge in [-0.05, 0) is 50.2 Å². The Labute approximate surface area is 154 Å². The van der Waals surface area contributed by atoms with E-state index in [9.17, 15) is 14.7 Å². The zero-order chi connectivity index (χ0) is 19.1. The predicted octanol–water partition coefficient (Wildman–Crippen LogP) is 2.95. The standard InChI is InChI=1S/C20H25N3O3/c1-4-23(5-2)20(26)15-9-11-16(12-10-15)21-19(25)14-22(3)17-7-6-8-18(24)13-17/h6-13,24H,4-5,14H2,1-3H3,(H,21,25). The number of phenols is 1. The summed E-state index contributed by atoms with van der Waals surface area (Å²) in [6.45, 7) is 5.35. The van der Waals surface area contributed by atoms with Crippen molar-refractivity contribution in [2.75, 3.05) is 36.9 Å². The molecule has 138 valence electrons. The van der Waals surface area contributed by atoms with Crippen LogP contribution in [0.25, 0.3) is 0 Å². The van der Waals surface area contributed by atoms with Crippen LogP contribution in [0, 0.1) is 0 Å². The molecule has 0 heterocycles. The first-order valence-electron chi connectivity index (χ1n) is 8.64. The number of nitrogens with one attached hydrogen (secondary N) is 1. The van der Waals surface area contributed by atoms with E-state index in [0.29, 0.717) is 24.3 Å². The van der Waals surface area contributed by atoms with Gasteiger partial charge >= 0.3 is 0 Å². The van der Waals surface area contributed by atoms with Crippen LogP contribution in [0.3, 0.4) is 0 Å². The third-order valence-electron chi connectivity index (χ3n) is 4.12. The van der Waals surface area contributed by atoms with Crippen molar-refractivity contribution in [1.29, 1.82) is 0 Å². The van der Waals surface area contributed by atoms with Crippen molar-refractivity contribution in [2.24, 2.45) is 0 Å². The average molecular weight is 355 g/mol. The van der Waals surface area contributed by atoms with E-state index < -0.39 is 0 Å². The maximum atomic E-state index is 12.3. The third kappa shape index (κ3) is 4.99. The fraction of sp³-hybridized carbons (Fsp3) is 0.300. The number of likely N-dealkylation sites (N-methyl/N-ethyl adjacent to an activating group) is 1. The Morgan fingerprint density at radius 3 is 2.27 bits per heavy atom. The van der Waals surface area contributed by atoms with Gasteiger partial charge in [0, 0.05) is 43.1 Å². The molecule has 0 aliphatic carbocycles. The molecule has 0 radical (unpaired) electrons. The van der Waals surface area contributed by atoms with Crippen molar-refractivity contribution in [3.63, 3.8) is 0 Å². The number of amides is 2. The van der Waals surface area contributed by atoms with Gasteiger partial charge in [0.2, 0.25) is 5.91 Å². The number of carbonyl (C=O) groups is 2. The molecule has 0 aliphatic rings. The zero-order valence-electron chi connectivity index (χ0n) is 15.4. The number of nitrogens with zero attached hydrogens (tertiary/aromatic N) is 2. The van der Waals surface area contributed by atoms with Gasteiger partial charge in [-0.2, -0.15) is 0 Å². The van der Waals surface area contributed by atoms with Crippen LogP contribution >= 0.6 is 0 Å². The molecule has 2 aromatic carbocycles. The highest BCUT2D eigenvalue weighted by atomic mass is 16.3. The topological polar surface area (TPSA) is 72.9 Å². The van der Waals surface area contributed by atoms with E-state index in [2.05, 4.69) is 5.32 Å². The van der Waals surface area contributed by atoms with E-state index >= 15 is 0 Å². The number of hydrogen-bond donors (Lipinski definition) is 2. The summed E-state index contributed by atoms with van der Waals surface area (Å²) in [6.07, 6.45) is 0. The molecule has 0 fully saturated rings. The normalized spacial score (nSPS) is 10.3. The van der Waals surface area contributed by atoms with Gasteiger partial charge < -0.3 is 20.2 Å². The molecule has 0 atom stereocenters. The second kappa shape index (κ2) is 8.89. The van der Waals surface area contributed by atoms with Gasteiger partial charge in [-0.1, -0.05) is 6.07 Å². The van der Waals surface area contributed by atoms with Crippen LogP contribution in [-0.4, -0.2) is 48.5 Å². The van der Waals surface area contributed by atoms with Gasteiger partial charge in [0.1, 0.15) is 5.75 Å². The molecule has 0 bridgehead atoms. The second-order valence-corrected chi connectivity index (χ2v) is 5.98. The number of carbonyl (C=O) groups excluding carboxylic acids is 2. The van der Waals surface area contributed by atoms with Crippen molar-refractivity contribution >= 4 is 23.2 Å². The summed E-state index contributed by atoms with van der Waals surface area (Å²) in [4.78, 5) is 28.0. The van der Waals surface area contributed by atoms with Crippen LogP contribution in [0.4, 0.5) is 11.4 Å². The number of benzene rings is 2. The summed E-state index contributed by atoms with van der Waals surface area (Å²) >= 11 is 0. The quantitative estimate of drug-likeness (QED) is 0.801. The molecule has 2 amide bonds. The van der Waals surface area contributed by atoms with E-state index in [0.717, 1.165) is 5.69 Å². The Balaban J connectivity index is 1.96. The second-order valence-electron chi connectivity index (χ2n) is 5.98. The smallest absolute Gasteiger partial charge is 0.253 e. The van der Waals surface area contributed by atoms with Crippen molar-refractivity contribution < 1.29 is 14.7 Å². The summed E-state index contributed by atoms with van der Waals surface area (Å²) in [5.74, 6) is -0.0432. The third-order valence-corrected chi connectivity index (χ3v) is 4.12. The van der Waals surface area contributed by atoms with E-state index in [-0.39, 0.29) is 24.1 Å². The number of hydrogen-bond acceptors (Lipinski definition) is 4. The molecule has 6 nitrogen and oxygen atoms in total. The lowest BCUT2D eigenvalue weighted by atomic mass is 10.1.